The standard InChI is InChI=1S/C22H31NO5/c1-5-6-8-21-14-7-9-23(21)13-10-15(21)27-22(14)16(13)11(2)18(28-22)19-17(25-4)12(3)20(24)26-19/h11,13-16,18-19H,5-10H2,1-4H3/t11-,13-,14-,15-,16+,18-,19-,21-,22+/m0/s1. The Kier molecular flexibility index (Phi) is 3.50. The minimum absolute atomic E-state index is 0.175. The summed E-state index contributed by atoms with van der Waals surface area (Å²) in [5.41, 5.74) is 0.739. The highest BCUT2D eigenvalue weighted by atomic mass is 16.7. The number of unbranched alkanes of at least 4 members (excludes halogenated alkanes) is 1. The van der Waals surface area contributed by atoms with Crippen molar-refractivity contribution in [3.8, 4) is 0 Å². The first-order valence-corrected chi connectivity index (χ1v) is 11.1. The van der Waals surface area contributed by atoms with Crippen molar-refractivity contribution in [1.82, 2.24) is 4.90 Å². The van der Waals surface area contributed by atoms with Crippen LogP contribution in [0.25, 0.3) is 0 Å². The van der Waals surface area contributed by atoms with Gasteiger partial charge < -0.3 is 18.9 Å². The minimum Gasteiger partial charge on any atom is -0.496 e. The van der Waals surface area contributed by atoms with Crippen molar-refractivity contribution in [2.24, 2.45) is 17.8 Å². The smallest absolute Gasteiger partial charge is 0.338 e. The zero-order valence-corrected chi connectivity index (χ0v) is 17.3. The Bertz CT molecular complexity index is 766. The van der Waals surface area contributed by atoms with E-state index in [1.807, 2.05) is 0 Å². The Morgan fingerprint density at radius 1 is 1.32 bits per heavy atom. The lowest BCUT2D eigenvalue weighted by Gasteiger charge is -2.49. The Morgan fingerprint density at radius 2 is 2.14 bits per heavy atom. The zero-order valence-electron chi connectivity index (χ0n) is 17.3. The summed E-state index contributed by atoms with van der Waals surface area (Å²) in [5.74, 6) is 0.872. The lowest BCUT2D eigenvalue weighted by molar-refractivity contribution is -0.280. The number of esters is 1. The monoisotopic (exact) mass is 389 g/mol. The molecule has 0 aromatic rings. The topological polar surface area (TPSA) is 57.2 Å². The third kappa shape index (κ3) is 1.72. The fourth-order valence-corrected chi connectivity index (χ4v) is 8.05. The number of hydrogen-bond acceptors (Lipinski definition) is 6. The largest absolute Gasteiger partial charge is 0.496 e. The van der Waals surface area contributed by atoms with Gasteiger partial charge in [0.25, 0.3) is 0 Å². The second kappa shape index (κ2) is 5.52. The van der Waals surface area contributed by atoms with Crippen molar-refractivity contribution in [1.29, 1.82) is 0 Å². The van der Waals surface area contributed by atoms with E-state index < -0.39 is 11.9 Å². The molecule has 6 nitrogen and oxygen atoms in total. The number of carbonyl (C=O) groups is 1. The molecule has 6 aliphatic heterocycles. The number of methoxy groups -OCH3 is 1. The first-order chi connectivity index (χ1) is 13.5. The number of nitrogens with zero attached hydrogens (tertiary/aromatic N) is 1. The Labute approximate surface area is 166 Å². The summed E-state index contributed by atoms with van der Waals surface area (Å²) in [5, 5.41) is 0. The first-order valence-electron chi connectivity index (χ1n) is 11.1. The predicted molar refractivity (Wildman–Crippen MR) is 100 cm³/mol. The van der Waals surface area contributed by atoms with Crippen molar-refractivity contribution in [3.05, 3.63) is 11.3 Å². The lowest BCUT2D eigenvalue weighted by Crippen LogP contribution is -2.61. The van der Waals surface area contributed by atoms with Crippen LogP contribution in [-0.4, -0.2) is 60.2 Å². The van der Waals surface area contributed by atoms with Gasteiger partial charge in [0.05, 0.1) is 24.3 Å². The number of piperidine rings is 1. The number of carbonyl (C=O) groups excluding carboxylic acids is 1. The number of rotatable bonds is 5. The highest BCUT2D eigenvalue weighted by Gasteiger charge is 2.83. The summed E-state index contributed by atoms with van der Waals surface area (Å²) in [6.07, 6.45) is 5.60. The number of hydrogen-bond donors (Lipinski definition) is 0. The maximum Gasteiger partial charge on any atom is 0.338 e. The van der Waals surface area contributed by atoms with Crippen LogP contribution in [0, 0.1) is 17.8 Å². The molecule has 0 amide bonds. The molecule has 0 aromatic heterocycles. The quantitative estimate of drug-likeness (QED) is 0.674. The summed E-state index contributed by atoms with van der Waals surface area (Å²) < 4.78 is 25.0. The van der Waals surface area contributed by atoms with E-state index in [9.17, 15) is 4.79 Å². The van der Waals surface area contributed by atoms with Gasteiger partial charge in [-0.1, -0.05) is 26.7 Å². The molecule has 6 heteroatoms. The number of cyclic esters (lactones) is 1. The highest BCUT2D eigenvalue weighted by Crippen LogP contribution is 2.72. The number of ether oxygens (including phenoxy) is 4. The maximum absolute atomic E-state index is 12.2. The van der Waals surface area contributed by atoms with Gasteiger partial charge in [-0.15, -0.1) is 0 Å². The van der Waals surface area contributed by atoms with E-state index in [-0.39, 0.29) is 23.5 Å². The van der Waals surface area contributed by atoms with E-state index in [2.05, 4.69) is 18.7 Å². The Balaban J connectivity index is 1.39. The van der Waals surface area contributed by atoms with Crippen molar-refractivity contribution < 1.29 is 23.7 Å². The van der Waals surface area contributed by atoms with Crippen LogP contribution in [0.1, 0.15) is 52.9 Å². The van der Waals surface area contributed by atoms with Gasteiger partial charge in [-0.05, 0) is 38.6 Å². The Hall–Kier alpha value is -1.11. The van der Waals surface area contributed by atoms with Gasteiger partial charge in [-0.25, -0.2) is 4.79 Å². The lowest BCUT2D eigenvalue weighted by atomic mass is 9.69. The van der Waals surface area contributed by atoms with Crippen LogP contribution in [-0.2, 0) is 23.7 Å². The van der Waals surface area contributed by atoms with Gasteiger partial charge in [0.15, 0.2) is 11.9 Å². The van der Waals surface area contributed by atoms with E-state index in [4.69, 9.17) is 18.9 Å². The van der Waals surface area contributed by atoms with E-state index in [1.165, 1.54) is 25.8 Å². The maximum atomic E-state index is 12.2. The third-order valence-electron chi connectivity index (χ3n) is 8.92. The SMILES string of the molecule is CCCC[C@@]12[C@@H]3C[C@H]4[C@H]5[C@H](C)[C@@H]([C@H]6OC(=O)C(C)=C6OC)O[C@]5(O3)[C@H]1CCN42. The van der Waals surface area contributed by atoms with Crippen LogP contribution in [0.3, 0.4) is 0 Å². The second-order valence-electron chi connectivity index (χ2n) is 9.75. The van der Waals surface area contributed by atoms with E-state index in [1.54, 1.807) is 14.0 Å². The minimum atomic E-state index is -0.500. The molecule has 0 saturated carbocycles. The van der Waals surface area contributed by atoms with Gasteiger partial charge in [0, 0.05) is 17.9 Å². The van der Waals surface area contributed by atoms with Crippen molar-refractivity contribution >= 4 is 5.97 Å². The van der Waals surface area contributed by atoms with Crippen molar-refractivity contribution in [2.75, 3.05) is 13.7 Å². The van der Waals surface area contributed by atoms with E-state index in [0.29, 0.717) is 35.3 Å². The number of fused-ring (bicyclic) bond motifs is 1. The van der Waals surface area contributed by atoms with E-state index in [0.717, 1.165) is 12.8 Å². The molecule has 5 saturated heterocycles. The van der Waals surface area contributed by atoms with Crippen LogP contribution < -0.4 is 0 Å². The fraction of sp³-hybridized carbons (Fsp3) is 0.864. The van der Waals surface area contributed by atoms with Gasteiger partial charge in [0.2, 0.25) is 0 Å². The van der Waals surface area contributed by atoms with Crippen LogP contribution in [0.5, 0.6) is 0 Å². The molecule has 0 aliphatic carbocycles. The van der Waals surface area contributed by atoms with E-state index >= 15 is 0 Å². The summed E-state index contributed by atoms with van der Waals surface area (Å²) in [6, 6.07) is 0.530. The third-order valence-corrected chi connectivity index (χ3v) is 8.92. The molecule has 5 bridgehead atoms. The van der Waals surface area contributed by atoms with Crippen molar-refractivity contribution in [3.63, 3.8) is 0 Å². The summed E-state index contributed by atoms with van der Waals surface area (Å²) in [4.78, 5) is 15.0. The van der Waals surface area contributed by atoms with Gasteiger partial charge in [-0.2, -0.15) is 0 Å². The molecule has 5 fully saturated rings. The molecule has 28 heavy (non-hydrogen) atoms. The molecule has 0 aromatic carbocycles. The van der Waals surface area contributed by atoms with Gasteiger partial charge in [0.1, 0.15) is 11.9 Å². The van der Waals surface area contributed by atoms with Gasteiger partial charge in [-0.3, -0.25) is 4.90 Å². The molecule has 10 atom stereocenters. The summed E-state index contributed by atoms with van der Waals surface area (Å²) in [6.45, 7) is 7.49. The van der Waals surface area contributed by atoms with Crippen LogP contribution in [0.15, 0.2) is 11.3 Å². The highest BCUT2D eigenvalue weighted by molar-refractivity contribution is 5.91. The predicted octanol–water partition coefficient (Wildman–Crippen LogP) is 2.62. The molecular formula is C22H31NO5. The average molecular weight is 389 g/mol. The fourth-order valence-electron chi connectivity index (χ4n) is 8.05. The average Bonchev–Trinajstić information content (AvgIpc) is 3.38. The first kappa shape index (κ1) is 17.7. The van der Waals surface area contributed by atoms with Gasteiger partial charge >= 0.3 is 5.97 Å². The molecular weight excluding hydrogens is 358 g/mol. The van der Waals surface area contributed by atoms with Crippen molar-refractivity contribution in [2.45, 2.75) is 88.6 Å². The second-order valence-corrected chi connectivity index (χ2v) is 9.75. The van der Waals surface area contributed by atoms with Crippen LogP contribution in [0.2, 0.25) is 0 Å². The molecule has 1 unspecified atom stereocenters. The molecule has 6 rings (SSSR count). The summed E-state index contributed by atoms with van der Waals surface area (Å²) >= 11 is 0. The molecule has 0 radical (unpaired) electrons. The molecule has 0 N–H and O–H groups in total. The normalized spacial score (nSPS) is 55.4. The molecule has 154 valence electrons. The Morgan fingerprint density at radius 3 is 2.89 bits per heavy atom. The molecule has 6 aliphatic rings. The van der Waals surface area contributed by atoms with Crippen LogP contribution >= 0.6 is 0 Å². The summed E-state index contributed by atoms with van der Waals surface area (Å²) in [7, 11) is 1.62. The molecule has 1 spiro atoms. The zero-order chi connectivity index (χ0) is 19.4. The molecule has 6 heterocycles. The van der Waals surface area contributed by atoms with Crippen LogP contribution in [0.4, 0.5) is 0 Å².